The van der Waals surface area contributed by atoms with Crippen molar-refractivity contribution in [1.82, 2.24) is 9.78 Å². The number of ether oxygens (including phenoxy) is 1. The third-order valence-corrected chi connectivity index (χ3v) is 3.11. The highest BCUT2D eigenvalue weighted by molar-refractivity contribution is 5.69. The summed E-state index contributed by atoms with van der Waals surface area (Å²) in [6.07, 6.45) is 0. The molecule has 112 valence electrons. The average molecular weight is 295 g/mol. The first kappa shape index (κ1) is 15.0. The van der Waals surface area contributed by atoms with Crippen LogP contribution in [0.1, 0.15) is 17.0 Å². The molecule has 0 aliphatic rings. The maximum atomic E-state index is 13.4. The molecular formula is C14H15F2N3O2. The number of nitrogens with two attached hydrogens (primary N) is 1. The van der Waals surface area contributed by atoms with Gasteiger partial charge < -0.3 is 10.5 Å². The first-order valence-corrected chi connectivity index (χ1v) is 6.27. The summed E-state index contributed by atoms with van der Waals surface area (Å²) < 4.78 is 32.7. The van der Waals surface area contributed by atoms with E-state index in [-0.39, 0.29) is 18.7 Å². The van der Waals surface area contributed by atoms with Crippen LogP contribution in [0.15, 0.2) is 18.2 Å². The molecule has 5 nitrogen and oxygen atoms in total. The van der Waals surface area contributed by atoms with E-state index in [9.17, 15) is 13.6 Å². The van der Waals surface area contributed by atoms with Crippen LogP contribution in [0.25, 0.3) is 0 Å². The molecule has 2 rings (SSSR count). The van der Waals surface area contributed by atoms with Crippen LogP contribution in [0, 0.1) is 25.5 Å². The number of hydrogen-bond donors (Lipinski definition) is 1. The summed E-state index contributed by atoms with van der Waals surface area (Å²) in [5.41, 5.74) is 7.52. The van der Waals surface area contributed by atoms with E-state index in [2.05, 4.69) is 5.10 Å². The van der Waals surface area contributed by atoms with Gasteiger partial charge in [-0.2, -0.15) is 5.10 Å². The zero-order valence-electron chi connectivity index (χ0n) is 11.7. The van der Waals surface area contributed by atoms with Crippen molar-refractivity contribution in [2.75, 3.05) is 5.73 Å². The number of nitrogens with zero attached hydrogens (tertiary/aromatic N) is 2. The number of carbonyl (C=O) groups excluding carboxylic acids is 1. The van der Waals surface area contributed by atoms with Gasteiger partial charge in [0.05, 0.1) is 17.1 Å². The topological polar surface area (TPSA) is 70.1 Å². The Morgan fingerprint density at radius 1 is 1.38 bits per heavy atom. The van der Waals surface area contributed by atoms with Crippen molar-refractivity contribution in [2.45, 2.75) is 27.0 Å². The van der Waals surface area contributed by atoms with E-state index in [4.69, 9.17) is 10.5 Å². The van der Waals surface area contributed by atoms with Crippen molar-refractivity contribution in [2.24, 2.45) is 0 Å². The van der Waals surface area contributed by atoms with E-state index in [1.807, 2.05) is 0 Å². The number of carbonyl (C=O) groups is 1. The zero-order valence-corrected chi connectivity index (χ0v) is 11.7. The lowest BCUT2D eigenvalue weighted by Gasteiger charge is -2.07. The Morgan fingerprint density at radius 2 is 2.10 bits per heavy atom. The first-order valence-electron chi connectivity index (χ1n) is 6.27. The predicted molar refractivity (Wildman–Crippen MR) is 72.3 cm³/mol. The lowest BCUT2D eigenvalue weighted by molar-refractivity contribution is -0.146. The number of anilines is 1. The predicted octanol–water partition coefficient (Wildman–Crippen LogP) is 2.10. The summed E-state index contributed by atoms with van der Waals surface area (Å²) in [5.74, 6) is -1.82. The summed E-state index contributed by atoms with van der Waals surface area (Å²) in [4.78, 5) is 11.7. The van der Waals surface area contributed by atoms with Crippen LogP contribution in [-0.4, -0.2) is 15.7 Å². The van der Waals surface area contributed by atoms with Crippen LogP contribution in [0.2, 0.25) is 0 Å². The van der Waals surface area contributed by atoms with E-state index in [1.54, 1.807) is 13.8 Å². The number of hydrogen-bond acceptors (Lipinski definition) is 4. The summed E-state index contributed by atoms with van der Waals surface area (Å²) >= 11 is 0. The quantitative estimate of drug-likeness (QED) is 0.877. The fourth-order valence-corrected chi connectivity index (χ4v) is 1.84. The minimum Gasteiger partial charge on any atom is -0.459 e. The molecule has 1 aromatic heterocycles. The number of nitrogen functional groups attached to an aromatic ring is 1. The second kappa shape index (κ2) is 5.90. The van der Waals surface area contributed by atoms with Crippen molar-refractivity contribution >= 4 is 11.7 Å². The van der Waals surface area contributed by atoms with Crippen molar-refractivity contribution in [3.8, 4) is 0 Å². The maximum Gasteiger partial charge on any atom is 0.328 e. The first-order chi connectivity index (χ1) is 9.88. The number of aromatic nitrogens is 2. The van der Waals surface area contributed by atoms with Gasteiger partial charge in [0.15, 0.2) is 0 Å². The molecule has 2 aromatic rings. The van der Waals surface area contributed by atoms with Crippen LogP contribution in [-0.2, 0) is 22.7 Å². The van der Waals surface area contributed by atoms with Crippen LogP contribution >= 0.6 is 0 Å². The van der Waals surface area contributed by atoms with E-state index in [0.29, 0.717) is 17.1 Å². The SMILES string of the molecule is Cc1nn(CC(=O)OCc2cc(F)ccc2F)c(C)c1N. The molecule has 0 aliphatic heterocycles. The van der Waals surface area contributed by atoms with Gasteiger partial charge in [0.2, 0.25) is 0 Å². The molecule has 0 bridgehead atoms. The number of halogens is 2. The molecule has 2 N–H and O–H groups in total. The van der Waals surface area contributed by atoms with Crippen molar-refractivity contribution in [3.05, 3.63) is 46.8 Å². The fraction of sp³-hybridized carbons (Fsp3) is 0.286. The second-order valence-electron chi connectivity index (χ2n) is 4.64. The molecule has 0 unspecified atom stereocenters. The van der Waals surface area contributed by atoms with Crippen molar-refractivity contribution in [3.63, 3.8) is 0 Å². The highest BCUT2D eigenvalue weighted by Gasteiger charge is 2.13. The Morgan fingerprint density at radius 3 is 2.71 bits per heavy atom. The standard InChI is InChI=1S/C14H15F2N3O2/c1-8-14(17)9(2)19(18-8)6-13(20)21-7-10-5-11(15)3-4-12(10)16/h3-5H,6-7,17H2,1-2H3. The summed E-state index contributed by atoms with van der Waals surface area (Å²) in [5, 5.41) is 4.09. The van der Waals surface area contributed by atoms with Gasteiger partial charge in [-0.05, 0) is 32.0 Å². The molecule has 21 heavy (non-hydrogen) atoms. The molecule has 0 saturated carbocycles. The van der Waals surface area contributed by atoms with Gasteiger partial charge in [-0.15, -0.1) is 0 Å². The lowest BCUT2D eigenvalue weighted by Crippen LogP contribution is -2.16. The van der Waals surface area contributed by atoms with Crippen molar-refractivity contribution in [1.29, 1.82) is 0 Å². The van der Waals surface area contributed by atoms with Gasteiger partial charge in [0.25, 0.3) is 0 Å². The van der Waals surface area contributed by atoms with Crippen LogP contribution in [0.3, 0.4) is 0 Å². The Bertz CT molecular complexity index is 683. The van der Waals surface area contributed by atoms with Gasteiger partial charge >= 0.3 is 5.97 Å². The molecule has 0 aliphatic carbocycles. The monoisotopic (exact) mass is 295 g/mol. The molecule has 0 radical (unpaired) electrons. The summed E-state index contributed by atoms with van der Waals surface area (Å²) in [6.45, 7) is 2.99. The molecule has 0 atom stereocenters. The Hall–Kier alpha value is -2.44. The average Bonchev–Trinajstić information content (AvgIpc) is 2.67. The molecule has 1 heterocycles. The molecule has 0 saturated heterocycles. The summed E-state index contributed by atoms with van der Waals surface area (Å²) in [6, 6.07) is 2.98. The minimum absolute atomic E-state index is 0.0174. The molecule has 0 amide bonds. The minimum atomic E-state index is -0.625. The highest BCUT2D eigenvalue weighted by Crippen LogP contribution is 2.15. The van der Waals surface area contributed by atoms with Crippen LogP contribution in [0.4, 0.5) is 14.5 Å². The normalized spacial score (nSPS) is 10.7. The van der Waals surface area contributed by atoms with E-state index in [0.717, 1.165) is 18.2 Å². The second-order valence-corrected chi connectivity index (χ2v) is 4.64. The van der Waals surface area contributed by atoms with E-state index >= 15 is 0 Å². The van der Waals surface area contributed by atoms with E-state index in [1.165, 1.54) is 4.68 Å². The van der Waals surface area contributed by atoms with Crippen molar-refractivity contribution < 1.29 is 18.3 Å². The van der Waals surface area contributed by atoms with Crippen LogP contribution in [0.5, 0.6) is 0 Å². The van der Waals surface area contributed by atoms with Gasteiger partial charge in [-0.25, -0.2) is 8.78 Å². The maximum absolute atomic E-state index is 13.4. The molecular weight excluding hydrogens is 280 g/mol. The number of rotatable bonds is 4. The molecule has 1 aromatic carbocycles. The van der Waals surface area contributed by atoms with Gasteiger partial charge in [0, 0.05) is 5.56 Å². The lowest BCUT2D eigenvalue weighted by atomic mass is 10.2. The Labute approximate surface area is 120 Å². The molecule has 7 heteroatoms. The number of esters is 1. The number of benzene rings is 1. The third kappa shape index (κ3) is 3.36. The highest BCUT2D eigenvalue weighted by atomic mass is 19.1. The smallest absolute Gasteiger partial charge is 0.328 e. The summed E-state index contributed by atoms with van der Waals surface area (Å²) in [7, 11) is 0. The fourth-order valence-electron chi connectivity index (χ4n) is 1.84. The largest absolute Gasteiger partial charge is 0.459 e. The van der Waals surface area contributed by atoms with Gasteiger partial charge in [0.1, 0.15) is 24.8 Å². The molecule has 0 fully saturated rings. The zero-order chi connectivity index (χ0) is 15.6. The van der Waals surface area contributed by atoms with Crippen LogP contribution < -0.4 is 5.73 Å². The third-order valence-electron chi connectivity index (χ3n) is 3.11. The Kier molecular flexibility index (Phi) is 4.21. The van der Waals surface area contributed by atoms with Gasteiger partial charge in [-0.3, -0.25) is 9.48 Å². The Balaban J connectivity index is 1.99. The van der Waals surface area contributed by atoms with Gasteiger partial charge in [-0.1, -0.05) is 0 Å². The number of aryl methyl sites for hydroxylation is 1. The van der Waals surface area contributed by atoms with E-state index < -0.39 is 17.6 Å². The molecule has 0 spiro atoms.